The first-order valence-electron chi connectivity index (χ1n) is 2.08. The summed E-state index contributed by atoms with van der Waals surface area (Å²) in [5.74, 6) is 0. The maximum atomic E-state index is 9.96. The molecule has 0 aromatic heterocycles. The molecule has 0 aliphatic heterocycles. The van der Waals surface area contributed by atoms with Crippen LogP contribution in [0.4, 0.5) is 0 Å². The molecule has 9 heavy (non-hydrogen) atoms. The Morgan fingerprint density at radius 3 is 2.11 bits per heavy atom. The maximum absolute atomic E-state index is 9.96. The molecule has 0 aromatic rings. The second kappa shape index (κ2) is 3.40. The van der Waals surface area contributed by atoms with E-state index in [-0.39, 0.29) is 0 Å². The van der Waals surface area contributed by atoms with Crippen molar-refractivity contribution in [1.29, 1.82) is 0 Å². The van der Waals surface area contributed by atoms with E-state index in [4.69, 9.17) is 9.79 Å². The molecule has 0 aliphatic carbocycles. The molecule has 0 saturated carbocycles. The second-order valence-electron chi connectivity index (χ2n) is 1.44. The maximum Gasteiger partial charge on any atom is 0.329 e. The molecule has 0 aliphatic rings. The van der Waals surface area contributed by atoms with E-state index in [0.717, 1.165) is 0 Å². The van der Waals surface area contributed by atoms with Crippen LogP contribution in [0.2, 0.25) is 0 Å². The third kappa shape index (κ3) is 8.21. The summed E-state index contributed by atoms with van der Waals surface area (Å²) < 4.78 is 19.7. The van der Waals surface area contributed by atoms with Crippen molar-refractivity contribution in [2.45, 2.75) is 0 Å². The van der Waals surface area contributed by atoms with Crippen LogP contribution in [-0.4, -0.2) is 22.1 Å². The van der Waals surface area contributed by atoms with Crippen LogP contribution < -0.4 is 4.89 Å². The van der Waals surface area contributed by atoms with E-state index >= 15 is 0 Å². The van der Waals surface area contributed by atoms with Crippen molar-refractivity contribution in [1.82, 2.24) is 0 Å². The summed E-state index contributed by atoms with van der Waals surface area (Å²) in [6.07, 6.45) is -1.02. The van der Waals surface area contributed by atoms with Crippen LogP contribution >= 0.6 is 15.6 Å². The van der Waals surface area contributed by atoms with Gasteiger partial charge in [0.15, 0.2) is 6.16 Å². The molecule has 0 heterocycles. The highest BCUT2D eigenvalue weighted by molar-refractivity contribution is 7.52. The molecule has 1 atom stereocenters. The van der Waals surface area contributed by atoms with Gasteiger partial charge in [0, 0.05) is 0 Å². The number of rotatable bonds is 3. The molecule has 0 radical (unpaired) electrons. The summed E-state index contributed by atoms with van der Waals surface area (Å²) in [5.41, 5.74) is 0. The predicted molar refractivity (Wildman–Crippen MR) is 29.4 cm³/mol. The first kappa shape index (κ1) is 9.21. The standard InChI is InChI=1S/C2H6O5P2/c3-8(4)1-2-9(5,6)7/h1-2H2,(H2,5,6,7). The smallest absolute Gasteiger partial charge is 0.329 e. The molecular formula is C2H6O5P2. The molecular weight excluding hydrogens is 166 g/mol. The van der Waals surface area contributed by atoms with Gasteiger partial charge in [-0.15, -0.1) is 0 Å². The van der Waals surface area contributed by atoms with Crippen LogP contribution in [0.5, 0.6) is 0 Å². The zero-order valence-electron chi connectivity index (χ0n) is 4.43. The fraction of sp³-hybridized carbons (Fsp3) is 1.00. The monoisotopic (exact) mass is 172 g/mol. The summed E-state index contributed by atoms with van der Waals surface area (Å²) in [6.45, 7) is 0. The molecule has 0 saturated heterocycles. The van der Waals surface area contributed by atoms with Crippen LogP contribution in [0.3, 0.4) is 0 Å². The van der Waals surface area contributed by atoms with Gasteiger partial charge < -0.3 is 14.7 Å². The van der Waals surface area contributed by atoms with Crippen LogP contribution in [0.1, 0.15) is 0 Å². The average molecular weight is 172 g/mol. The van der Waals surface area contributed by atoms with Crippen molar-refractivity contribution >= 4 is 15.6 Å². The van der Waals surface area contributed by atoms with Gasteiger partial charge in [0.25, 0.3) is 0 Å². The zero-order valence-corrected chi connectivity index (χ0v) is 6.22. The van der Waals surface area contributed by atoms with Crippen molar-refractivity contribution < 1.29 is 23.8 Å². The highest BCUT2D eigenvalue weighted by Gasteiger charge is 2.16. The largest absolute Gasteiger partial charge is 0.596 e. The molecule has 0 spiro atoms. The van der Waals surface area contributed by atoms with Gasteiger partial charge in [-0.2, -0.15) is 0 Å². The Morgan fingerprint density at radius 2 is 2.00 bits per heavy atom. The molecule has 5 nitrogen and oxygen atoms in total. The van der Waals surface area contributed by atoms with Gasteiger partial charge >= 0.3 is 15.6 Å². The van der Waals surface area contributed by atoms with Crippen molar-refractivity contribution in [3.63, 3.8) is 0 Å². The fourth-order valence-corrected chi connectivity index (χ4v) is 1.91. The molecule has 7 heteroatoms. The predicted octanol–water partition coefficient (Wildman–Crippen LogP) is -0.733. The quantitative estimate of drug-likeness (QED) is 0.546. The molecule has 0 aromatic carbocycles. The molecule has 0 amide bonds. The molecule has 0 fully saturated rings. The Bertz CT molecular complexity index is 147. The molecule has 54 valence electrons. The number of hydrogen-bond acceptors (Lipinski definition) is 3. The first-order chi connectivity index (χ1) is 3.92. The summed E-state index contributed by atoms with van der Waals surface area (Å²) >= 11 is 0. The highest BCUT2D eigenvalue weighted by atomic mass is 31.2. The van der Waals surface area contributed by atoms with Crippen molar-refractivity contribution in [3.05, 3.63) is 0 Å². The summed E-state index contributed by atoms with van der Waals surface area (Å²) in [6, 6.07) is 0. The minimum atomic E-state index is -4.10. The minimum Gasteiger partial charge on any atom is -0.596 e. The van der Waals surface area contributed by atoms with Gasteiger partial charge in [0.05, 0.1) is 6.16 Å². The van der Waals surface area contributed by atoms with Crippen LogP contribution in [0.25, 0.3) is 0 Å². The normalized spacial score (nSPS) is 13.4. The van der Waals surface area contributed by atoms with Gasteiger partial charge in [0.2, 0.25) is 0 Å². The molecule has 2 N–H and O–H groups in total. The van der Waals surface area contributed by atoms with E-state index < -0.39 is 27.9 Å². The third-order valence-corrected chi connectivity index (χ3v) is 2.32. The summed E-state index contributed by atoms with van der Waals surface area (Å²) in [5, 5.41) is 0. The Labute approximate surface area is 52.7 Å². The summed E-state index contributed by atoms with van der Waals surface area (Å²) in [4.78, 5) is 26.0. The third-order valence-electron chi connectivity index (χ3n) is 0.574. The Hall–Kier alpha value is 0.210. The zero-order chi connectivity index (χ0) is 7.49. The Morgan fingerprint density at radius 1 is 1.56 bits per heavy atom. The van der Waals surface area contributed by atoms with Gasteiger partial charge in [-0.3, -0.25) is 4.57 Å². The second-order valence-corrected chi connectivity index (χ2v) is 4.33. The van der Waals surface area contributed by atoms with Crippen LogP contribution in [0.15, 0.2) is 0 Å². The van der Waals surface area contributed by atoms with E-state index in [1.54, 1.807) is 0 Å². The SMILES string of the molecule is O=[P+]([O-])CCP(=O)(O)O. The lowest BCUT2D eigenvalue weighted by atomic mass is 11.0. The van der Waals surface area contributed by atoms with Crippen LogP contribution in [0, 0.1) is 0 Å². The van der Waals surface area contributed by atoms with E-state index in [2.05, 4.69) is 0 Å². The Balaban J connectivity index is 3.53. The fourth-order valence-electron chi connectivity index (χ4n) is 0.212. The molecule has 0 bridgehead atoms. The van der Waals surface area contributed by atoms with E-state index in [9.17, 15) is 14.0 Å². The first-order valence-corrected chi connectivity index (χ1v) is 5.24. The van der Waals surface area contributed by atoms with Crippen LogP contribution in [-0.2, 0) is 9.13 Å². The minimum absolute atomic E-state index is 0.445. The highest BCUT2D eigenvalue weighted by Crippen LogP contribution is 2.35. The van der Waals surface area contributed by atoms with E-state index in [0.29, 0.717) is 0 Å². The summed E-state index contributed by atoms with van der Waals surface area (Å²) in [7, 11) is -6.76. The number of hydrogen-bond donors (Lipinski definition) is 2. The van der Waals surface area contributed by atoms with E-state index in [1.807, 2.05) is 0 Å². The van der Waals surface area contributed by atoms with Gasteiger partial charge in [-0.05, 0) is 0 Å². The van der Waals surface area contributed by atoms with Crippen molar-refractivity contribution in [3.8, 4) is 0 Å². The van der Waals surface area contributed by atoms with E-state index in [1.165, 1.54) is 0 Å². The molecule has 0 rings (SSSR count). The molecule has 1 unspecified atom stereocenters. The lowest BCUT2D eigenvalue weighted by Gasteiger charge is -1.96. The van der Waals surface area contributed by atoms with Gasteiger partial charge in [0.1, 0.15) is 0 Å². The average Bonchev–Trinajstić information content (AvgIpc) is 1.59. The van der Waals surface area contributed by atoms with Crippen molar-refractivity contribution in [2.75, 3.05) is 12.3 Å². The lowest BCUT2D eigenvalue weighted by Crippen LogP contribution is -1.96. The van der Waals surface area contributed by atoms with Gasteiger partial charge in [-0.25, -0.2) is 0 Å². The Kier molecular flexibility index (Phi) is 3.48. The lowest BCUT2D eigenvalue weighted by molar-refractivity contribution is -0.164. The van der Waals surface area contributed by atoms with Gasteiger partial charge in [-0.1, -0.05) is 4.57 Å². The van der Waals surface area contributed by atoms with Crippen molar-refractivity contribution in [2.24, 2.45) is 0 Å². The topological polar surface area (TPSA) is 97.7 Å².